The zero-order chi connectivity index (χ0) is 30.8. The summed E-state index contributed by atoms with van der Waals surface area (Å²) < 4.78 is 19.1. The van der Waals surface area contributed by atoms with Crippen LogP contribution in [0.3, 0.4) is 0 Å². The molecule has 5 aromatic rings. The van der Waals surface area contributed by atoms with Gasteiger partial charge in [0.25, 0.3) is 0 Å². The summed E-state index contributed by atoms with van der Waals surface area (Å²) in [4.78, 5) is 0. The van der Waals surface area contributed by atoms with Crippen LogP contribution in [0.25, 0.3) is 22.8 Å². The van der Waals surface area contributed by atoms with Crippen LogP contribution < -0.4 is 14.2 Å². The monoisotopic (exact) mass is 592 g/mol. The second-order valence-electron chi connectivity index (χ2n) is 13.5. The molecule has 0 saturated carbocycles. The smallest absolute Gasteiger partial charge is 0.208 e. The standard InChI is InChI=1S/C32H32N8O4/c1-14-15(2)25(29-35-39-40-36-29)27-26(24(14)28-33-37-38-34-28)43-22-10-17-19(11-23(22)44-27)32(13-31(17,5)6)12-30(3,4)16-9-21(42-7)20(41)8-18(16)32/h8-11,41H,12-13H2,1-7H3,(H,33,34,37,38)(H,35,36,39,40). The molecule has 8 rings (SSSR count). The van der Waals surface area contributed by atoms with Gasteiger partial charge in [-0.15, -0.1) is 20.4 Å². The molecule has 1 unspecified atom stereocenters. The highest BCUT2D eigenvalue weighted by Gasteiger charge is 2.57. The first kappa shape index (κ1) is 26.6. The maximum absolute atomic E-state index is 10.9. The number of tetrazole rings is 2. The zero-order valence-corrected chi connectivity index (χ0v) is 25.6. The van der Waals surface area contributed by atoms with E-state index in [2.05, 4.69) is 81.1 Å². The van der Waals surface area contributed by atoms with Gasteiger partial charge in [-0.25, -0.2) is 0 Å². The lowest BCUT2D eigenvalue weighted by Crippen LogP contribution is -2.27. The van der Waals surface area contributed by atoms with Crippen molar-refractivity contribution in [2.75, 3.05) is 7.11 Å². The fourth-order valence-corrected chi connectivity index (χ4v) is 8.08. The molecule has 0 fully saturated rings. The van der Waals surface area contributed by atoms with Crippen LogP contribution in [0.1, 0.15) is 73.9 Å². The van der Waals surface area contributed by atoms with Gasteiger partial charge in [-0.1, -0.05) is 27.7 Å². The van der Waals surface area contributed by atoms with Crippen molar-refractivity contribution in [3.63, 3.8) is 0 Å². The highest BCUT2D eigenvalue weighted by Crippen LogP contribution is 2.66. The molecule has 44 heavy (non-hydrogen) atoms. The summed E-state index contributed by atoms with van der Waals surface area (Å²) in [6.07, 6.45) is 1.75. The van der Waals surface area contributed by atoms with E-state index < -0.39 is 0 Å². The number of H-pyrrole nitrogens is 2. The van der Waals surface area contributed by atoms with Crippen LogP contribution in [0.4, 0.5) is 0 Å². The number of phenols is 1. The van der Waals surface area contributed by atoms with Crippen molar-refractivity contribution in [1.29, 1.82) is 0 Å². The fourth-order valence-electron chi connectivity index (χ4n) is 8.08. The van der Waals surface area contributed by atoms with Gasteiger partial charge < -0.3 is 19.3 Å². The SMILES string of the molecule is COc1cc2c(cc1O)C1(CC2(C)C)CC(C)(C)c2cc3c(cc21)Oc1c(c(-c2nn[nH]n2)c(C)c(C)c1-c1nn[nH]n1)O3. The number of phenolic OH excluding ortho intramolecular Hbond substituents is 1. The van der Waals surface area contributed by atoms with Crippen molar-refractivity contribution in [2.24, 2.45) is 0 Å². The highest BCUT2D eigenvalue weighted by molar-refractivity contribution is 5.86. The molecule has 0 saturated heterocycles. The maximum atomic E-state index is 10.9. The first-order valence-electron chi connectivity index (χ1n) is 14.6. The van der Waals surface area contributed by atoms with Crippen LogP contribution in [-0.2, 0) is 16.2 Å². The number of rotatable bonds is 3. The van der Waals surface area contributed by atoms with E-state index in [-0.39, 0.29) is 22.0 Å². The van der Waals surface area contributed by atoms with Gasteiger partial charge in [-0.3, -0.25) is 0 Å². The van der Waals surface area contributed by atoms with Crippen LogP contribution >= 0.6 is 0 Å². The Morgan fingerprint density at radius 1 is 0.727 bits per heavy atom. The number of nitrogens with one attached hydrogen (secondary N) is 2. The van der Waals surface area contributed by atoms with Crippen LogP contribution in [0, 0.1) is 13.8 Å². The van der Waals surface area contributed by atoms with E-state index in [1.54, 1.807) is 7.11 Å². The molecule has 1 spiro atoms. The van der Waals surface area contributed by atoms with Crippen molar-refractivity contribution < 1.29 is 19.3 Å². The zero-order valence-electron chi connectivity index (χ0n) is 25.6. The van der Waals surface area contributed by atoms with Gasteiger partial charge in [0.05, 0.1) is 18.2 Å². The van der Waals surface area contributed by atoms with E-state index in [0.717, 1.165) is 29.5 Å². The summed E-state index contributed by atoms with van der Waals surface area (Å²) in [7, 11) is 1.59. The number of ether oxygens (including phenoxy) is 3. The van der Waals surface area contributed by atoms with Gasteiger partial charge in [0.2, 0.25) is 11.6 Å². The van der Waals surface area contributed by atoms with E-state index >= 15 is 0 Å². The summed E-state index contributed by atoms with van der Waals surface area (Å²) in [5.41, 5.74) is 7.12. The number of hydrogen-bond acceptors (Lipinski definition) is 10. The molecule has 2 aliphatic carbocycles. The maximum Gasteiger partial charge on any atom is 0.208 e. The molecule has 2 aromatic heterocycles. The number of benzene rings is 3. The minimum atomic E-state index is -0.338. The molecule has 1 aliphatic heterocycles. The van der Waals surface area contributed by atoms with Crippen molar-refractivity contribution in [2.45, 2.75) is 70.6 Å². The second-order valence-corrected chi connectivity index (χ2v) is 13.5. The van der Waals surface area contributed by atoms with Gasteiger partial charge in [-0.2, -0.15) is 10.4 Å². The van der Waals surface area contributed by atoms with Gasteiger partial charge in [0.15, 0.2) is 34.5 Å². The Labute approximate surface area is 253 Å². The molecule has 12 heteroatoms. The highest BCUT2D eigenvalue weighted by atomic mass is 16.6. The van der Waals surface area contributed by atoms with Crippen molar-refractivity contribution in [3.05, 3.63) is 57.6 Å². The molecule has 3 N–H and O–H groups in total. The van der Waals surface area contributed by atoms with Gasteiger partial charge >= 0.3 is 0 Å². The molecule has 3 aromatic carbocycles. The number of hydrogen-bond donors (Lipinski definition) is 3. The van der Waals surface area contributed by atoms with Crippen LogP contribution in [0.5, 0.6) is 34.5 Å². The Balaban J connectivity index is 1.36. The molecule has 224 valence electrons. The third-order valence-electron chi connectivity index (χ3n) is 9.91. The Bertz CT molecular complexity index is 2000. The lowest BCUT2D eigenvalue weighted by Gasteiger charge is -2.31. The van der Waals surface area contributed by atoms with Crippen molar-refractivity contribution >= 4 is 0 Å². The third kappa shape index (κ3) is 3.39. The summed E-state index contributed by atoms with van der Waals surface area (Å²) in [5, 5.41) is 40.7. The Morgan fingerprint density at radius 3 is 1.68 bits per heavy atom. The molecule has 0 radical (unpaired) electrons. The fraction of sp³-hybridized carbons (Fsp3) is 0.375. The van der Waals surface area contributed by atoms with Crippen molar-refractivity contribution in [3.8, 4) is 57.3 Å². The van der Waals surface area contributed by atoms with E-state index in [4.69, 9.17) is 14.2 Å². The third-order valence-corrected chi connectivity index (χ3v) is 9.91. The topological polar surface area (TPSA) is 157 Å². The number of aromatic amines is 2. The average Bonchev–Trinajstić information content (AvgIpc) is 3.76. The minimum Gasteiger partial charge on any atom is -0.504 e. The van der Waals surface area contributed by atoms with E-state index in [0.29, 0.717) is 51.5 Å². The number of aromatic hydroxyl groups is 1. The molecular weight excluding hydrogens is 560 g/mol. The van der Waals surface area contributed by atoms with E-state index in [9.17, 15) is 5.11 Å². The summed E-state index contributed by atoms with van der Waals surface area (Å²) >= 11 is 0. The minimum absolute atomic E-state index is 0.144. The predicted molar refractivity (Wildman–Crippen MR) is 160 cm³/mol. The average molecular weight is 593 g/mol. The van der Waals surface area contributed by atoms with E-state index in [1.807, 2.05) is 26.0 Å². The van der Waals surface area contributed by atoms with Gasteiger partial charge in [0.1, 0.15) is 0 Å². The predicted octanol–water partition coefficient (Wildman–Crippen LogP) is 5.92. The number of nitrogens with zero attached hydrogens (tertiary/aromatic N) is 6. The molecule has 0 amide bonds. The largest absolute Gasteiger partial charge is 0.504 e. The quantitative estimate of drug-likeness (QED) is 0.225. The molecule has 3 aliphatic rings. The first-order chi connectivity index (χ1) is 20.9. The number of methoxy groups -OCH3 is 1. The number of fused-ring (bicyclic) bond motifs is 6. The Kier molecular flexibility index (Phi) is 5.17. The molecule has 12 nitrogen and oxygen atoms in total. The van der Waals surface area contributed by atoms with Crippen molar-refractivity contribution in [1.82, 2.24) is 41.2 Å². The Morgan fingerprint density at radius 2 is 1.20 bits per heavy atom. The summed E-state index contributed by atoms with van der Waals surface area (Å²) in [6, 6.07) is 8.14. The van der Waals surface area contributed by atoms with Gasteiger partial charge in [-0.05, 0) is 106 Å². The number of aromatic nitrogens is 8. The normalized spacial score (nSPS) is 20.0. The lowest BCUT2D eigenvalue weighted by molar-refractivity contribution is 0.348. The molecule has 0 bridgehead atoms. The molecular formula is C32H32N8O4. The van der Waals surface area contributed by atoms with E-state index in [1.165, 1.54) is 16.7 Å². The lowest BCUT2D eigenvalue weighted by atomic mass is 9.72. The van der Waals surface area contributed by atoms with Crippen LogP contribution in [-0.4, -0.2) is 53.5 Å². The van der Waals surface area contributed by atoms with Gasteiger partial charge in [0, 0.05) is 5.41 Å². The van der Waals surface area contributed by atoms with Crippen LogP contribution in [0.2, 0.25) is 0 Å². The molecule has 3 heterocycles. The Hall–Kier alpha value is -5.00. The first-order valence-corrected chi connectivity index (χ1v) is 14.6. The second kappa shape index (κ2) is 8.55. The summed E-state index contributed by atoms with van der Waals surface area (Å²) in [6.45, 7) is 13.0. The molecule has 1 atom stereocenters. The summed E-state index contributed by atoms with van der Waals surface area (Å²) in [5.74, 6) is 3.54. The van der Waals surface area contributed by atoms with Crippen LogP contribution in [0.15, 0.2) is 24.3 Å².